The molecule has 1 aromatic rings. The van der Waals surface area contributed by atoms with Gasteiger partial charge in [-0.15, -0.1) is 11.6 Å². The summed E-state index contributed by atoms with van der Waals surface area (Å²) in [4.78, 5) is 0. The van der Waals surface area contributed by atoms with Crippen molar-refractivity contribution in [2.45, 2.75) is 12.3 Å². The molecule has 1 unspecified atom stereocenters. The predicted octanol–water partition coefficient (Wildman–Crippen LogP) is 4.51. The molecule has 0 N–H and O–H groups in total. The number of alkyl halides is 1. The second-order valence-corrected chi connectivity index (χ2v) is 4.56. The summed E-state index contributed by atoms with van der Waals surface area (Å²) in [6.07, 6.45) is 0. The summed E-state index contributed by atoms with van der Waals surface area (Å²) in [5.41, 5.74) is 1.11. The minimum Gasteiger partial charge on any atom is -0.118 e. The molecule has 0 saturated carbocycles. The Morgan fingerprint density at radius 2 is 2.00 bits per heavy atom. The minimum atomic E-state index is 0.0434. The summed E-state index contributed by atoms with van der Waals surface area (Å²) in [5, 5.41) is 0.0434. The van der Waals surface area contributed by atoms with E-state index in [2.05, 4.69) is 31.9 Å². The number of hydrogen-bond donors (Lipinski definition) is 0. The van der Waals surface area contributed by atoms with Gasteiger partial charge in [-0.2, -0.15) is 0 Å². The van der Waals surface area contributed by atoms with Gasteiger partial charge in [0.2, 0.25) is 0 Å². The van der Waals surface area contributed by atoms with Gasteiger partial charge < -0.3 is 0 Å². The van der Waals surface area contributed by atoms with Gasteiger partial charge in [-0.25, -0.2) is 0 Å². The maximum absolute atomic E-state index is 5.93. The number of rotatable bonds is 1. The van der Waals surface area contributed by atoms with Gasteiger partial charge in [0.05, 0.1) is 5.38 Å². The molecule has 0 aliphatic heterocycles. The van der Waals surface area contributed by atoms with Crippen molar-refractivity contribution >= 4 is 43.5 Å². The molecule has 60 valence electrons. The summed E-state index contributed by atoms with van der Waals surface area (Å²) < 4.78 is 2.09. The molecule has 0 spiro atoms. The molecule has 1 aromatic carbocycles. The Balaban J connectivity index is 3.17. The highest BCUT2D eigenvalue weighted by molar-refractivity contribution is 9.13. The Hall–Kier alpha value is 0.470. The van der Waals surface area contributed by atoms with E-state index in [0.717, 1.165) is 14.5 Å². The van der Waals surface area contributed by atoms with E-state index in [1.54, 1.807) is 0 Å². The van der Waals surface area contributed by atoms with Crippen molar-refractivity contribution in [3.8, 4) is 0 Å². The van der Waals surface area contributed by atoms with Gasteiger partial charge in [-0.05, 0) is 50.4 Å². The van der Waals surface area contributed by atoms with Crippen LogP contribution in [0.2, 0.25) is 0 Å². The first-order chi connectivity index (χ1) is 5.13. The third-order valence-electron chi connectivity index (χ3n) is 1.41. The molecule has 0 aliphatic rings. The molecule has 0 amide bonds. The highest BCUT2D eigenvalue weighted by Gasteiger charge is 2.07. The van der Waals surface area contributed by atoms with E-state index in [1.807, 2.05) is 25.1 Å². The van der Waals surface area contributed by atoms with Crippen molar-refractivity contribution in [2.75, 3.05) is 0 Å². The quantitative estimate of drug-likeness (QED) is 0.669. The molecule has 0 aliphatic carbocycles. The van der Waals surface area contributed by atoms with E-state index in [-0.39, 0.29) is 5.38 Å². The first-order valence-corrected chi connectivity index (χ1v) is 5.23. The molecule has 1 atom stereocenters. The molecule has 0 radical (unpaired) electrons. The average molecular weight is 298 g/mol. The van der Waals surface area contributed by atoms with Crippen molar-refractivity contribution in [1.82, 2.24) is 0 Å². The smallest absolute Gasteiger partial charge is 0.0568 e. The zero-order valence-electron chi connectivity index (χ0n) is 5.94. The Bertz CT molecular complexity index is 258. The fourth-order valence-corrected chi connectivity index (χ4v) is 2.13. The van der Waals surface area contributed by atoms with Gasteiger partial charge >= 0.3 is 0 Å². The Kier molecular flexibility index (Phi) is 3.41. The monoisotopic (exact) mass is 296 g/mol. The summed E-state index contributed by atoms with van der Waals surface area (Å²) in [7, 11) is 0. The fraction of sp³-hybridized carbons (Fsp3) is 0.250. The maximum atomic E-state index is 5.93. The van der Waals surface area contributed by atoms with E-state index in [1.165, 1.54) is 0 Å². The topological polar surface area (TPSA) is 0 Å². The lowest BCUT2D eigenvalue weighted by molar-refractivity contribution is 1.07. The Labute approximate surface area is 88.2 Å². The summed E-state index contributed by atoms with van der Waals surface area (Å²) in [6, 6.07) is 5.96. The molecule has 0 fully saturated rings. The highest BCUT2D eigenvalue weighted by atomic mass is 79.9. The highest BCUT2D eigenvalue weighted by Crippen LogP contribution is 2.32. The lowest BCUT2D eigenvalue weighted by Gasteiger charge is -2.06. The lowest BCUT2D eigenvalue weighted by atomic mass is 10.2. The van der Waals surface area contributed by atoms with E-state index >= 15 is 0 Å². The van der Waals surface area contributed by atoms with Crippen molar-refractivity contribution in [2.24, 2.45) is 0 Å². The van der Waals surface area contributed by atoms with E-state index in [9.17, 15) is 0 Å². The van der Waals surface area contributed by atoms with Crippen molar-refractivity contribution < 1.29 is 0 Å². The lowest BCUT2D eigenvalue weighted by Crippen LogP contribution is -1.85. The number of benzene rings is 1. The second kappa shape index (κ2) is 3.92. The van der Waals surface area contributed by atoms with Crippen LogP contribution < -0.4 is 0 Å². The second-order valence-electron chi connectivity index (χ2n) is 2.26. The van der Waals surface area contributed by atoms with Crippen molar-refractivity contribution in [3.63, 3.8) is 0 Å². The van der Waals surface area contributed by atoms with Crippen LogP contribution in [0.5, 0.6) is 0 Å². The molecule has 0 aromatic heterocycles. The van der Waals surface area contributed by atoms with Crippen LogP contribution in [-0.4, -0.2) is 0 Å². The zero-order valence-corrected chi connectivity index (χ0v) is 9.87. The Morgan fingerprint density at radius 3 is 2.45 bits per heavy atom. The predicted molar refractivity (Wildman–Crippen MR) is 56.1 cm³/mol. The van der Waals surface area contributed by atoms with Crippen molar-refractivity contribution in [1.29, 1.82) is 0 Å². The molecule has 1 rings (SSSR count). The molecule has 0 bridgehead atoms. The van der Waals surface area contributed by atoms with E-state index in [4.69, 9.17) is 11.6 Å². The normalized spacial score (nSPS) is 13.1. The summed E-state index contributed by atoms with van der Waals surface area (Å²) in [5.74, 6) is 0. The van der Waals surface area contributed by atoms with Gasteiger partial charge in [0.1, 0.15) is 0 Å². The van der Waals surface area contributed by atoms with E-state index in [0.29, 0.717) is 0 Å². The van der Waals surface area contributed by atoms with Crippen LogP contribution in [0.1, 0.15) is 17.9 Å². The van der Waals surface area contributed by atoms with Gasteiger partial charge in [0.25, 0.3) is 0 Å². The van der Waals surface area contributed by atoms with Crippen LogP contribution in [0.4, 0.5) is 0 Å². The molecule has 3 heteroatoms. The van der Waals surface area contributed by atoms with Crippen LogP contribution in [0.15, 0.2) is 27.1 Å². The molecule has 11 heavy (non-hydrogen) atoms. The van der Waals surface area contributed by atoms with Gasteiger partial charge in [0.15, 0.2) is 0 Å². The maximum Gasteiger partial charge on any atom is 0.0568 e. The number of hydrogen-bond acceptors (Lipinski definition) is 0. The zero-order chi connectivity index (χ0) is 8.43. The third-order valence-corrected chi connectivity index (χ3v) is 3.72. The van der Waals surface area contributed by atoms with Gasteiger partial charge in [-0.1, -0.05) is 12.1 Å². The Morgan fingerprint density at radius 1 is 1.36 bits per heavy atom. The molecular weight excluding hydrogens is 291 g/mol. The molecule has 0 heterocycles. The van der Waals surface area contributed by atoms with Crippen LogP contribution in [0.3, 0.4) is 0 Å². The molecular formula is C8H7Br2Cl. The van der Waals surface area contributed by atoms with Crippen LogP contribution in [-0.2, 0) is 0 Å². The van der Waals surface area contributed by atoms with Crippen molar-refractivity contribution in [3.05, 3.63) is 32.7 Å². The first-order valence-electron chi connectivity index (χ1n) is 3.21. The molecule has 0 saturated heterocycles. The third kappa shape index (κ3) is 2.20. The molecule has 0 nitrogen and oxygen atoms in total. The minimum absolute atomic E-state index is 0.0434. The van der Waals surface area contributed by atoms with Gasteiger partial charge in [0, 0.05) is 8.95 Å². The first kappa shape index (κ1) is 9.56. The SMILES string of the molecule is CC(Cl)c1cccc(Br)c1Br. The largest absolute Gasteiger partial charge is 0.118 e. The van der Waals surface area contributed by atoms with Crippen LogP contribution >= 0.6 is 43.5 Å². The standard InChI is InChI=1S/C8H7Br2Cl/c1-5(11)6-3-2-4-7(9)8(6)10/h2-5H,1H3. The number of halogens is 3. The fourth-order valence-electron chi connectivity index (χ4n) is 0.828. The van der Waals surface area contributed by atoms with Gasteiger partial charge in [-0.3, -0.25) is 0 Å². The van der Waals surface area contributed by atoms with Crippen LogP contribution in [0.25, 0.3) is 0 Å². The van der Waals surface area contributed by atoms with Crippen LogP contribution in [0, 0.1) is 0 Å². The summed E-state index contributed by atoms with van der Waals surface area (Å²) >= 11 is 12.8. The summed E-state index contributed by atoms with van der Waals surface area (Å²) in [6.45, 7) is 1.95. The average Bonchev–Trinajstić information content (AvgIpc) is 1.94. The van der Waals surface area contributed by atoms with E-state index < -0.39 is 0 Å².